The zero-order valence-corrected chi connectivity index (χ0v) is 12.5. The van der Waals surface area contributed by atoms with Gasteiger partial charge in [0.1, 0.15) is 11.4 Å². The molecule has 5 nitrogen and oxygen atoms in total. The van der Waals surface area contributed by atoms with Crippen molar-refractivity contribution < 1.29 is 14.6 Å². The number of aromatic nitrogens is 1. The van der Waals surface area contributed by atoms with Crippen LogP contribution < -0.4 is 10.1 Å². The molecule has 0 saturated heterocycles. The predicted molar refractivity (Wildman–Crippen MR) is 82.7 cm³/mol. The van der Waals surface area contributed by atoms with Gasteiger partial charge in [0.25, 0.3) is 5.91 Å². The molecule has 2 rings (SSSR count). The molecular weight excluding hydrogens is 268 g/mol. The van der Waals surface area contributed by atoms with Crippen molar-refractivity contribution in [3.8, 4) is 5.75 Å². The van der Waals surface area contributed by atoms with Crippen molar-refractivity contribution in [2.75, 3.05) is 19.8 Å². The molecule has 0 aliphatic rings. The van der Waals surface area contributed by atoms with Crippen LogP contribution in [0.4, 0.5) is 0 Å². The van der Waals surface area contributed by atoms with E-state index in [1.807, 2.05) is 38.1 Å². The number of hydrogen-bond donors (Lipinski definition) is 3. The lowest BCUT2D eigenvalue weighted by Gasteiger charge is -2.10. The number of ether oxygens (including phenoxy) is 1. The van der Waals surface area contributed by atoms with Gasteiger partial charge in [0.15, 0.2) is 0 Å². The molecule has 0 fully saturated rings. The zero-order valence-electron chi connectivity index (χ0n) is 12.5. The Kier molecular flexibility index (Phi) is 5.22. The molecule has 0 aliphatic heterocycles. The summed E-state index contributed by atoms with van der Waals surface area (Å²) in [5.74, 6) is 0.914. The average Bonchev–Trinajstić information content (AvgIpc) is 2.88. The SMILES string of the molecule is CCOc1ccc2cc(C(=O)NCC(C)CCO)[nH]c2c1. The predicted octanol–water partition coefficient (Wildman–Crippen LogP) is 2.31. The van der Waals surface area contributed by atoms with E-state index in [0.29, 0.717) is 25.3 Å². The summed E-state index contributed by atoms with van der Waals surface area (Å²) in [6.45, 7) is 5.24. The van der Waals surface area contributed by atoms with Gasteiger partial charge < -0.3 is 20.1 Å². The Hall–Kier alpha value is -2.01. The second-order valence-corrected chi connectivity index (χ2v) is 5.19. The Bertz CT molecular complexity index is 607. The third-order valence-corrected chi connectivity index (χ3v) is 3.38. The highest BCUT2D eigenvalue weighted by Gasteiger charge is 2.11. The number of carbonyl (C=O) groups excluding carboxylic acids is 1. The first-order valence-electron chi connectivity index (χ1n) is 7.28. The molecule has 0 radical (unpaired) electrons. The fraction of sp³-hybridized carbons (Fsp3) is 0.438. The molecule has 1 unspecified atom stereocenters. The highest BCUT2D eigenvalue weighted by molar-refractivity contribution is 5.98. The third kappa shape index (κ3) is 3.98. The van der Waals surface area contributed by atoms with Gasteiger partial charge in [-0.05, 0) is 37.5 Å². The van der Waals surface area contributed by atoms with E-state index in [2.05, 4.69) is 10.3 Å². The lowest BCUT2D eigenvalue weighted by Crippen LogP contribution is -2.28. The second kappa shape index (κ2) is 7.13. The molecule has 0 bridgehead atoms. The van der Waals surface area contributed by atoms with Crippen molar-refractivity contribution in [2.24, 2.45) is 5.92 Å². The Morgan fingerprint density at radius 3 is 2.95 bits per heavy atom. The van der Waals surface area contributed by atoms with E-state index in [0.717, 1.165) is 16.7 Å². The fourth-order valence-corrected chi connectivity index (χ4v) is 2.17. The van der Waals surface area contributed by atoms with E-state index in [4.69, 9.17) is 9.84 Å². The maximum absolute atomic E-state index is 12.1. The number of H-pyrrole nitrogens is 1. The standard InChI is InChI=1S/C16H22N2O3/c1-3-21-13-5-4-12-8-15(18-14(12)9-13)16(20)17-10-11(2)6-7-19/h4-5,8-9,11,18-19H,3,6-7,10H2,1-2H3,(H,17,20). The van der Waals surface area contributed by atoms with Gasteiger partial charge in [0.05, 0.1) is 6.61 Å². The van der Waals surface area contributed by atoms with Gasteiger partial charge in [-0.3, -0.25) is 4.79 Å². The van der Waals surface area contributed by atoms with Crippen molar-refractivity contribution in [1.82, 2.24) is 10.3 Å². The Balaban J connectivity index is 2.06. The molecular formula is C16H22N2O3. The smallest absolute Gasteiger partial charge is 0.267 e. The summed E-state index contributed by atoms with van der Waals surface area (Å²) in [7, 11) is 0. The van der Waals surface area contributed by atoms with Gasteiger partial charge in [-0.1, -0.05) is 6.92 Å². The van der Waals surface area contributed by atoms with Crippen molar-refractivity contribution in [1.29, 1.82) is 0 Å². The molecule has 1 atom stereocenters. The Labute approximate surface area is 124 Å². The first-order valence-corrected chi connectivity index (χ1v) is 7.28. The number of benzene rings is 1. The topological polar surface area (TPSA) is 74.3 Å². The molecule has 0 saturated carbocycles. The van der Waals surface area contributed by atoms with Crippen LogP contribution in [0.3, 0.4) is 0 Å². The van der Waals surface area contributed by atoms with Crippen LogP contribution in [0.15, 0.2) is 24.3 Å². The molecule has 3 N–H and O–H groups in total. The van der Waals surface area contributed by atoms with Crippen LogP contribution >= 0.6 is 0 Å². The molecule has 0 aliphatic carbocycles. The first-order chi connectivity index (χ1) is 10.1. The normalized spacial score (nSPS) is 12.3. The fourth-order valence-electron chi connectivity index (χ4n) is 2.17. The number of nitrogens with one attached hydrogen (secondary N) is 2. The minimum atomic E-state index is -0.131. The van der Waals surface area contributed by atoms with Crippen molar-refractivity contribution in [3.05, 3.63) is 30.0 Å². The third-order valence-electron chi connectivity index (χ3n) is 3.38. The van der Waals surface area contributed by atoms with E-state index < -0.39 is 0 Å². The molecule has 1 aromatic carbocycles. The molecule has 0 spiro atoms. The Morgan fingerprint density at radius 1 is 1.43 bits per heavy atom. The highest BCUT2D eigenvalue weighted by atomic mass is 16.5. The highest BCUT2D eigenvalue weighted by Crippen LogP contribution is 2.21. The number of fused-ring (bicyclic) bond motifs is 1. The summed E-state index contributed by atoms with van der Waals surface area (Å²) in [6.07, 6.45) is 0.685. The lowest BCUT2D eigenvalue weighted by atomic mass is 10.1. The summed E-state index contributed by atoms with van der Waals surface area (Å²) < 4.78 is 5.45. The molecule has 1 aromatic heterocycles. The quantitative estimate of drug-likeness (QED) is 0.732. The van der Waals surface area contributed by atoms with Crippen LogP contribution in [0, 0.1) is 5.92 Å². The molecule has 1 amide bonds. The van der Waals surface area contributed by atoms with Crippen molar-refractivity contribution in [2.45, 2.75) is 20.3 Å². The molecule has 114 valence electrons. The summed E-state index contributed by atoms with van der Waals surface area (Å²) >= 11 is 0. The number of hydrogen-bond acceptors (Lipinski definition) is 3. The van der Waals surface area contributed by atoms with Crippen molar-refractivity contribution >= 4 is 16.8 Å². The molecule has 1 heterocycles. The van der Waals surface area contributed by atoms with Crippen molar-refractivity contribution in [3.63, 3.8) is 0 Å². The zero-order chi connectivity index (χ0) is 15.2. The van der Waals surface area contributed by atoms with Crippen LogP contribution in [-0.4, -0.2) is 35.8 Å². The van der Waals surface area contributed by atoms with E-state index >= 15 is 0 Å². The minimum Gasteiger partial charge on any atom is -0.494 e. The van der Waals surface area contributed by atoms with Crippen LogP contribution in [0.1, 0.15) is 30.8 Å². The maximum atomic E-state index is 12.1. The van der Waals surface area contributed by atoms with E-state index in [9.17, 15) is 4.79 Å². The van der Waals surface area contributed by atoms with Gasteiger partial charge in [-0.2, -0.15) is 0 Å². The number of rotatable bonds is 7. The number of aromatic amines is 1. The van der Waals surface area contributed by atoms with E-state index in [-0.39, 0.29) is 18.4 Å². The Morgan fingerprint density at radius 2 is 2.24 bits per heavy atom. The van der Waals surface area contributed by atoms with Gasteiger partial charge in [-0.25, -0.2) is 0 Å². The number of amides is 1. The average molecular weight is 290 g/mol. The minimum absolute atomic E-state index is 0.131. The molecule has 21 heavy (non-hydrogen) atoms. The summed E-state index contributed by atoms with van der Waals surface area (Å²) in [5.41, 5.74) is 1.42. The van der Waals surface area contributed by atoms with E-state index in [1.165, 1.54) is 0 Å². The number of aliphatic hydroxyl groups is 1. The summed E-state index contributed by atoms with van der Waals surface area (Å²) in [4.78, 5) is 15.2. The maximum Gasteiger partial charge on any atom is 0.267 e. The van der Waals surface area contributed by atoms with Gasteiger partial charge in [0.2, 0.25) is 0 Å². The molecule has 5 heteroatoms. The van der Waals surface area contributed by atoms with Gasteiger partial charge >= 0.3 is 0 Å². The van der Waals surface area contributed by atoms with Crippen LogP contribution in [0.5, 0.6) is 5.75 Å². The summed E-state index contributed by atoms with van der Waals surface area (Å²) in [6, 6.07) is 7.55. The van der Waals surface area contributed by atoms with Gasteiger partial charge in [0, 0.05) is 30.1 Å². The number of aliphatic hydroxyl groups excluding tert-OH is 1. The summed E-state index contributed by atoms with van der Waals surface area (Å²) in [5, 5.41) is 12.7. The second-order valence-electron chi connectivity index (χ2n) is 5.19. The van der Waals surface area contributed by atoms with Crippen LogP contribution in [-0.2, 0) is 0 Å². The molecule has 2 aromatic rings. The van der Waals surface area contributed by atoms with Crippen LogP contribution in [0.2, 0.25) is 0 Å². The largest absolute Gasteiger partial charge is 0.494 e. The van der Waals surface area contributed by atoms with Gasteiger partial charge in [-0.15, -0.1) is 0 Å². The lowest BCUT2D eigenvalue weighted by molar-refractivity contribution is 0.0941. The first kappa shape index (κ1) is 15.4. The van der Waals surface area contributed by atoms with E-state index in [1.54, 1.807) is 0 Å². The number of carbonyl (C=O) groups is 1. The monoisotopic (exact) mass is 290 g/mol. The van der Waals surface area contributed by atoms with Crippen LogP contribution in [0.25, 0.3) is 10.9 Å².